The molecule has 0 aliphatic heterocycles. The zero-order valence-corrected chi connectivity index (χ0v) is 12.5. The van der Waals surface area contributed by atoms with Crippen LogP contribution in [0.15, 0.2) is 44.7 Å². The molecule has 0 atom stereocenters. The van der Waals surface area contributed by atoms with E-state index in [-0.39, 0.29) is 27.3 Å². The van der Waals surface area contributed by atoms with Crippen LogP contribution in [0.3, 0.4) is 0 Å². The first-order valence-corrected chi connectivity index (χ1v) is 7.60. The second kappa shape index (κ2) is 6.03. The first-order chi connectivity index (χ1) is 8.81. The van der Waals surface area contributed by atoms with Crippen LogP contribution >= 0.6 is 0 Å². The van der Waals surface area contributed by atoms with Crippen molar-refractivity contribution in [1.82, 2.24) is 15.4 Å². The Labute approximate surface area is 129 Å². The van der Waals surface area contributed by atoms with Gasteiger partial charge < -0.3 is 9.65 Å². The van der Waals surface area contributed by atoms with Gasteiger partial charge in [-0.15, -0.1) is 5.21 Å². The summed E-state index contributed by atoms with van der Waals surface area (Å²) in [5.41, 5.74) is -0.661. The molecule has 0 radical (unpaired) electrons. The van der Waals surface area contributed by atoms with Crippen molar-refractivity contribution >= 4 is 20.1 Å². The van der Waals surface area contributed by atoms with E-state index < -0.39 is 30.7 Å². The Morgan fingerprint density at radius 1 is 1.15 bits per heavy atom. The summed E-state index contributed by atoms with van der Waals surface area (Å²) in [6, 6.07) is 7.15. The van der Waals surface area contributed by atoms with Gasteiger partial charge in [-0.25, -0.2) is 8.42 Å². The van der Waals surface area contributed by atoms with Crippen molar-refractivity contribution in [3.05, 3.63) is 35.8 Å². The van der Waals surface area contributed by atoms with Crippen LogP contribution < -0.4 is 5.49 Å². The van der Waals surface area contributed by atoms with E-state index >= 15 is 0 Å². The normalized spacial score (nSPS) is 12.9. The van der Waals surface area contributed by atoms with Gasteiger partial charge in [-0.05, 0) is 17.2 Å². The monoisotopic (exact) mass is 410 g/mol. The van der Waals surface area contributed by atoms with E-state index in [0.717, 1.165) is 0 Å². The van der Waals surface area contributed by atoms with Crippen LogP contribution in [0.1, 0.15) is 0 Å². The molecule has 0 fully saturated rings. The Morgan fingerprint density at radius 3 is 2.30 bits per heavy atom. The Morgan fingerprint density at radius 2 is 1.75 bits per heavy atom. The van der Waals surface area contributed by atoms with Crippen molar-refractivity contribution in [3.8, 4) is 0 Å². The zero-order valence-electron chi connectivity index (χ0n) is 9.43. The average molecular weight is 411 g/mol. The molecule has 0 bridgehead atoms. The number of H-pyrrole nitrogens is 1. The summed E-state index contributed by atoms with van der Waals surface area (Å²) in [5.74, 6) is 0. The number of aromatic nitrogens is 3. The molecular formula is C8H7AgN4O5S2. The molecule has 2 aromatic rings. The maximum Gasteiger partial charge on any atom is 1.00 e. The Bertz CT molecular complexity index is 854. The van der Waals surface area contributed by atoms with Crippen LogP contribution in [0.5, 0.6) is 0 Å². The van der Waals surface area contributed by atoms with Crippen LogP contribution in [-0.4, -0.2) is 36.8 Å². The summed E-state index contributed by atoms with van der Waals surface area (Å²) >= 11 is 0. The molecule has 1 aromatic carbocycles. The summed E-state index contributed by atoms with van der Waals surface area (Å²) in [4.78, 5) is -0.133. The van der Waals surface area contributed by atoms with Crippen molar-refractivity contribution in [2.24, 2.45) is 4.40 Å². The largest absolute Gasteiger partial charge is 1.00 e. The number of benzene rings is 1. The van der Waals surface area contributed by atoms with Gasteiger partial charge in [0.2, 0.25) is 0 Å². The molecule has 0 saturated carbocycles. The molecular weight excluding hydrogens is 404 g/mol. The van der Waals surface area contributed by atoms with E-state index in [4.69, 9.17) is 4.55 Å². The zero-order chi connectivity index (χ0) is 14.1. The van der Waals surface area contributed by atoms with E-state index in [0.29, 0.717) is 0 Å². The second-order valence-corrected chi connectivity index (χ2v) is 6.26. The van der Waals surface area contributed by atoms with Gasteiger partial charge in [-0.2, -0.15) is 12.8 Å². The fraction of sp³-hybridized carbons (Fsp3) is 0. The van der Waals surface area contributed by atoms with E-state index in [1.807, 2.05) is 5.10 Å². The van der Waals surface area contributed by atoms with Gasteiger partial charge in [0.25, 0.3) is 10.0 Å². The molecule has 0 aliphatic rings. The smallest absolute Gasteiger partial charge is 0.306 e. The molecule has 1 heterocycles. The minimum absolute atomic E-state index is 0. The number of aromatic amines is 1. The van der Waals surface area contributed by atoms with Crippen molar-refractivity contribution in [2.75, 3.05) is 0 Å². The molecule has 20 heavy (non-hydrogen) atoms. The van der Waals surface area contributed by atoms with Gasteiger partial charge in [-0.3, -0.25) is 5.10 Å². The predicted octanol–water partition coefficient (Wildman–Crippen LogP) is -0.943. The van der Waals surface area contributed by atoms with Crippen molar-refractivity contribution in [2.45, 2.75) is 9.92 Å². The maximum absolute atomic E-state index is 11.9. The standard InChI is InChI=1S/C8H7N4O5S2.Ag/c13-18(14,6-4-2-1-3-5-6)11-7-8(10-12-9-7)19(15,16)17;/h1-5H,(H,9,10,11)(H,15,16,17);/q-1;+1. The van der Waals surface area contributed by atoms with Crippen molar-refractivity contribution < 1.29 is 43.8 Å². The van der Waals surface area contributed by atoms with Crippen LogP contribution in [0, 0.1) is 0 Å². The van der Waals surface area contributed by atoms with Gasteiger partial charge in [0.1, 0.15) is 0 Å². The summed E-state index contributed by atoms with van der Waals surface area (Å²) in [7, 11) is -8.84. The third-order valence-electron chi connectivity index (χ3n) is 2.00. The number of hydrogen-bond donors (Lipinski definition) is 2. The molecule has 0 amide bonds. The molecule has 2 rings (SSSR count). The van der Waals surface area contributed by atoms with Crippen molar-refractivity contribution in [3.63, 3.8) is 0 Å². The van der Waals surface area contributed by atoms with Gasteiger partial charge in [0.15, 0.2) is 10.1 Å². The topological polar surface area (TPSA) is 142 Å². The quantitative estimate of drug-likeness (QED) is 0.377. The maximum atomic E-state index is 11.9. The Balaban J connectivity index is 0.00000200. The Hall–Kier alpha value is -1.24. The average Bonchev–Trinajstić information content (AvgIpc) is 2.77. The van der Waals surface area contributed by atoms with Crippen LogP contribution in [-0.2, 0) is 42.5 Å². The molecule has 112 valence electrons. The SMILES string of the molecule is O=S(=O)(N=c1[nH]nn[c-]1S(=O)(=O)O)c1ccccc1.[Ag+]. The predicted molar refractivity (Wildman–Crippen MR) is 61.0 cm³/mol. The molecule has 9 nitrogen and oxygen atoms in total. The van der Waals surface area contributed by atoms with Crippen LogP contribution in [0.4, 0.5) is 0 Å². The molecule has 0 aliphatic carbocycles. The van der Waals surface area contributed by atoms with Gasteiger partial charge >= 0.3 is 22.4 Å². The Kier molecular flexibility index (Phi) is 5.07. The van der Waals surface area contributed by atoms with E-state index in [2.05, 4.69) is 14.7 Å². The number of hydrogen-bond acceptors (Lipinski definition) is 6. The van der Waals surface area contributed by atoms with Crippen LogP contribution in [0.2, 0.25) is 0 Å². The summed E-state index contributed by atoms with van der Waals surface area (Å²) in [6.45, 7) is 0. The molecule has 12 heteroatoms. The fourth-order valence-corrected chi connectivity index (χ4v) is 2.72. The van der Waals surface area contributed by atoms with E-state index in [1.165, 1.54) is 24.3 Å². The molecule has 0 saturated heterocycles. The summed E-state index contributed by atoms with van der Waals surface area (Å²) in [5, 5.41) is 7.20. The first kappa shape index (κ1) is 16.8. The minimum Gasteiger partial charge on any atom is -0.306 e. The number of nitrogens with one attached hydrogen (secondary N) is 1. The van der Waals surface area contributed by atoms with Crippen molar-refractivity contribution in [1.29, 1.82) is 0 Å². The third-order valence-corrected chi connectivity index (χ3v) is 4.05. The fourth-order valence-electron chi connectivity index (χ4n) is 1.21. The molecule has 2 N–H and O–H groups in total. The number of rotatable bonds is 3. The minimum atomic E-state index is -4.71. The summed E-state index contributed by atoms with van der Waals surface area (Å²) < 4.78 is 57.6. The first-order valence-electron chi connectivity index (χ1n) is 4.72. The van der Waals surface area contributed by atoms with Crippen LogP contribution in [0.25, 0.3) is 0 Å². The van der Waals surface area contributed by atoms with E-state index in [1.54, 1.807) is 6.07 Å². The van der Waals surface area contributed by atoms with E-state index in [9.17, 15) is 16.8 Å². The second-order valence-electron chi connectivity index (χ2n) is 3.32. The molecule has 1 aromatic heterocycles. The summed E-state index contributed by atoms with van der Waals surface area (Å²) in [6.07, 6.45) is 0. The molecule has 0 unspecified atom stereocenters. The number of nitrogens with zero attached hydrogens (tertiary/aromatic N) is 3. The number of sulfonamides is 1. The van der Waals surface area contributed by atoms with Gasteiger partial charge in [0, 0.05) is 5.49 Å². The van der Waals surface area contributed by atoms with Gasteiger partial charge in [0.05, 0.1) is 4.90 Å². The molecule has 0 spiro atoms. The third kappa shape index (κ3) is 3.65. The van der Waals surface area contributed by atoms with Gasteiger partial charge in [-0.1, -0.05) is 18.2 Å².